The molecule has 1 aliphatic heterocycles. The predicted octanol–water partition coefficient (Wildman–Crippen LogP) is 6.82. The van der Waals surface area contributed by atoms with Crippen molar-refractivity contribution in [2.24, 2.45) is 5.92 Å². The normalized spacial score (nSPS) is 18.5. The quantitative estimate of drug-likeness (QED) is 0.310. The maximum Gasteiger partial charge on any atom is 0.161 e. The number of furan rings is 1. The largest absolute Gasteiger partial charge is 0.504 e. The molecule has 2 atom stereocenters. The van der Waals surface area contributed by atoms with E-state index >= 15 is 0 Å². The second-order valence-corrected chi connectivity index (χ2v) is 9.51. The molecule has 3 aromatic carbocycles. The van der Waals surface area contributed by atoms with Gasteiger partial charge in [-0.25, -0.2) is 0 Å². The minimum atomic E-state index is 0.124. The van der Waals surface area contributed by atoms with E-state index in [2.05, 4.69) is 60.1 Å². The highest BCUT2D eigenvalue weighted by molar-refractivity contribution is 7.99. The Morgan fingerprint density at radius 1 is 1.09 bits per heavy atom. The molecule has 0 saturated carbocycles. The zero-order valence-corrected chi connectivity index (χ0v) is 19.8. The van der Waals surface area contributed by atoms with E-state index in [4.69, 9.17) is 9.15 Å². The van der Waals surface area contributed by atoms with Crippen molar-refractivity contribution in [1.29, 1.82) is 0 Å². The van der Waals surface area contributed by atoms with Gasteiger partial charge in [-0.3, -0.25) is 0 Å². The average Bonchev–Trinajstić information content (AvgIpc) is 3.23. The monoisotopic (exact) mass is 459 g/mol. The summed E-state index contributed by atoms with van der Waals surface area (Å²) in [4.78, 5) is 1.11. The van der Waals surface area contributed by atoms with Gasteiger partial charge in [-0.1, -0.05) is 36.4 Å². The number of hydrogen-bond acceptors (Lipinski definition) is 5. The van der Waals surface area contributed by atoms with Crippen molar-refractivity contribution in [3.8, 4) is 22.8 Å². The van der Waals surface area contributed by atoms with E-state index < -0.39 is 0 Å². The fourth-order valence-electron chi connectivity index (χ4n) is 4.90. The molecule has 4 aromatic rings. The number of rotatable bonds is 6. The molecule has 1 aromatic heterocycles. The first-order valence-electron chi connectivity index (χ1n) is 11.4. The number of aromatic hydroxyl groups is 1. The Morgan fingerprint density at radius 2 is 1.94 bits per heavy atom. The van der Waals surface area contributed by atoms with Crippen molar-refractivity contribution in [2.45, 2.75) is 30.2 Å². The fourth-order valence-corrected chi connectivity index (χ4v) is 5.63. The Morgan fingerprint density at radius 3 is 2.73 bits per heavy atom. The van der Waals surface area contributed by atoms with Crippen LogP contribution < -0.4 is 10.1 Å². The fraction of sp³-hybridized carbons (Fsp3) is 0.286. The molecule has 1 fully saturated rings. The van der Waals surface area contributed by atoms with Crippen LogP contribution in [0.2, 0.25) is 0 Å². The van der Waals surface area contributed by atoms with E-state index in [1.165, 1.54) is 17.5 Å². The third-order valence-corrected chi connectivity index (χ3v) is 7.41. The van der Waals surface area contributed by atoms with Gasteiger partial charge in [0.15, 0.2) is 11.5 Å². The van der Waals surface area contributed by atoms with Crippen LogP contribution in [-0.2, 0) is 6.42 Å². The van der Waals surface area contributed by atoms with Crippen LogP contribution >= 0.6 is 11.8 Å². The highest BCUT2D eigenvalue weighted by Crippen LogP contribution is 2.43. The molecule has 2 heterocycles. The van der Waals surface area contributed by atoms with Crippen LogP contribution in [0.1, 0.15) is 30.0 Å². The third-order valence-electron chi connectivity index (χ3n) is 6.59. The summed E-state index contributed by atoms with van der Waals surface area (Å²) in [6.07, 6.45) is 5.56. The number of phenols is 1. The molecular formula is C28H29NO3S. The van der Waals surface area contributed by atoms with Crippen LogP contribution in [0.15, 0.2) is 76.0 Å². The number of methoxy groups -OCH3 is 1. The van der Waals surface area contributed by atoms with Crippen molar-refractivity contribution in [3.05, 3.63) is 77.9 Å². The highest BCUT2D eigenvalue weighted by Gasteiger charge is 2.24. The smallest absolute Gasteiger partial charge is 0.161 e. The SMILES string of the molecule is COc1cc(-c2oc3ccc(C4CC(Cc5ccccc5)CCN4)cc3c2SC)ccc1O. The number of nitrogens with one attached hydrogen (secondary N) is 1. The molecule has 170 valence electrons. The molecule has 2 N–H and O–H groups in total. The number of ether oxygens (including phenoxy) is 1. The lowest BCUT2D eigenvalue weighted by atomic mass is 9.84. The lowest BCUT2D eigenvalue weighted by Gasteiger charge is -2.31. The zero-order valence-electron chi connectivity index (χ0n) is 19.0. The summed E-state index contributed by atoms with van der Waals surface area (Å²) in [6, 6.07) is 23.1. The zero-order chi connectivity index (χ0) is 22.8. The first-order chi connectivity index (χ1) is 16.2. The first kappa shape index (κ1) is 21.9. The molecule has 0 spiro atoms. The standard InChI is InChI=1S/C28H29NO3S/c1-31-26-17-21(8-10-24(26)30)27-28(33-2)22-16-20(9-11-25(22)32-27)23-15-19(12-13-29-23)14-18-6-4-3-5-7-18/h3-11,16-17,19,23,29-30H,12-15H2,1-2H3. The van der Waals surface area contributed by atoms with E-state index in [9.17, 15) is 5.11 Å². The van der Waals surface area contributed by atoms with E-state index in [0.29, 0.717) is 17.7 Å². The number of thioether (sulfide) groups is 1. The number of piperidine rings is 1. The number of benzene rings is 3. The van der Waals surface area contributed by atoms with Crippen LogP contribution in [0.3, 0.4) is 0 Å². The molecular weight excluding hydrogens is 430 g/mol. The van der Waals surface area contributed by atoms with E-state index in [1.54, 1.807) is 24.9 Å². The first-order valence-corrected chi connectivity index (χ1v) is 12.6. The van der Waals surface area contributed by atoms with Gasteiger partial charge in [0.1, 0.15) is 11.3 Å². The van der Waals surface area contributed by atoms with Crippen molar-refractivity contribution in [2.75, 3.05) is 19.9 Å². The van der Waals surface area contributed by atoms with Crippen LogP contribution in [0.4, 0.5) is 0 Å². The summed E-state index contributed by atoms with van der Waals surface area (Å²) in [5, 5.41) is 14.8. The molecule has 2 unspecified atom stereocenters. The van der Waals surface area contributed by atoms with Crippen LogP contribution in [0.25, 0.3) is 22.3 Å². The minimum absolute atomic E-state index is 0.124. The minimum Gasteiger partial charge on any atom is -0.504 e. The molecule has 0 aliphatic carbocycles. The summed E-state index contributed by atoms with van der Waals surface area (Å²) in [7, 11) is 1.56. The lowest BCUT2D eigenvalue weighted by Crippen LogP contribution is -2.32. The maximum atomic E-state index is 9.98. The average molecular weight is 460 g/mol. The summed E-state index contributed by atoms with van der Waals surface area (Å²) < 4.78 is 11.6. The van der Waals surface area contributed by atoms with Crippen LogP contribution in [0.5, 0.6) is 11.5 Å². The third kappa shape index (κ3) is 4.48. The molecule has 5 rings (SSSR count). The van der Waals surface area contributed by atoms with Crippen molar-refractivity contribution < 1.29 is 14.3 Å². The van der Waals surface area contributed by atoms with Crippen LogP contribution in [-0.4, -0.2) is 25.0 Å². The maximum absolute atomic E-state index is 9.98. The Bertz CT molecular complexity index is 1250. The van der Waals surface area contributed by atoms with Gasteiger partial charge in [0.25, 0.3) is 0 Å². The number of phenolic OH excluding ortho intramolecular Hbond substituents is 1. The van der Waals surface area contributed by atoms with Crippen molar-refractivity contribution >= 4 is 22.7 Å². The van der Waals surface area contributed by atoms with Gasteiger partial charge in [-0.15, -0.1) is 11.8 Å². The van der Waals surface area contributed by atoms with Gasteiger partial charge in [-0.2, -0.15) is 0 Å². The van der Waals surface area contributed by atoms with E-state index in [1.807, 2.05) is 12.1 Å². The summed E-state index contributed by atoms with van der Waals surface area (Å²) >= 11 is 1.68. The molecule has 0 radical (unpaired) electrons. The molecule has 1 aliphatic rings. The van der Waals surface area contributed by atoms with Gasteiger partial charge in [0.2, 0.25) is 0 Å². The predicted molar refractivity (Wildman–Crippen MR) is 135 cm³/mol. The molecule has 1 saturated heterocycles. The van der Waals surface area contributed by atoms with Gasteiger partial charge in [0, 0.05) is 17.0 Å². The topological polar surface area (TPSA) is 54.6 Å². The van der Waals surface area contributed by atoms with Gasteiger partial charge in [0.05, 0.1) is 12.0 Å². The molecule has 4 nitrogen and oxygen atoms in total. The summed E-state index contributed by atoms with van der Waals surface area (Å²) in [5.74, 6) is 2.06. The van der Waals surface area contributed by atoms with E-state index in [0.717, 1.165) is 46.6 Å². The van der Waals surface area contributed by atoms with Crippen LogP contribution in [0, 0.1) is 5.92 Å². The Kier molecular flexibility index (Phi) is 6.34. The molecule has 0 amide bonds. The Hall–Kier alpha value is -2.89. The van der Waals surface area contributed by atoms with Gasteiger partial charge in [-0.05, 0) is 79.4 Å². The Labute approximate surface area is 199 Å². The van der Waals surface area contributed by atoms with Gasteiger partial charge < -0.3 is 19.6 Å². The number of hydrogen-bond donors (Lipinski definition) is 2. The Balaban J connectivity index is 1.44. The van der Waals surface area contributed by atoms with Gasteiger partial charge >= 0.3 is 0 Å². The molecule has 5 heteroatoms. The second-order valence-electron chi connectivity index (χ2n) is 8.69. The van der Waals surface area contributed by atoms with E-state index in [-0.39, 0.29) is 5.75 Å². The highest BCUT2D eigenvalue weighted by atomic mass is 32.2. The van der Waals surface area contributed by atoms with Crippen molar-refractivity contribution in [1.82, 2.24) is 5.32 Å². The lowest BCUT2D eigenvalue weighted by molar-refractivity contribution is 0.304. The molecule has 0 bridgehead atoms. The summed E-state index contributed by atoms with van der Waals surface area (Å²) in [5.41, 5.74) is 4.51. The number of fused-ring (bicyclic) bond motifs is 1. The molecule has 33 heavy (non-hydrogen) atoms. The summed E-state index contributed by atoms with van der Waals surface area (Å²) in [6.45, 7) is 1.04. The second kappa shape index (κ2) is 9.54. The van der Waals surface area contributed by atoms with Crippen molar-refractivity contribution in [3.63, 3.8) is 0 Å².